The molecule has 0 radical (unpaired) electrons. The molecule has 2 atom stereocenters. The van der Waals surface area contributed by atoms with E-state index in [1.165, 1.54) is 0 Å². The second-order valence-corrected chi connectivity index (χ2v) is 6.15. The number of nitrogens with zero attached hydrogens (tertiary/aromatic N) is 2. The molecule has 132 valence electrons. The summed E-state index contributed by atoms with van der Waals surface area (Å²) in [6.07, 6.45) is 5.62. The number of ether oxygens (including phenoxy) is 1. The van der Waals surface area contributed by atoms with Crippen LogP contribution in [0.5, 0.6) is 5.75 Å². The molecule has 7 heteroatoms. The smallest absolute Gasteiger partial charge is 0.270 e. The van der Waals surface area contributed by atoms with Crippen LogP contribution in [0.25, 0.3) is 0 Å². The van der Waals surface area contributed by atoms with E-state index in [1.54, 1.807) is 19.4 Å². The van der Waals surface area contributed by atoms with Gasteiger partial charge in [-0.1, -0.05) is 18.9 Å². The normalized spacial score (nSPS) is 19.9. The molecule has 1 heterocycles. The molecule has 25 heavy (non-hydrogen) atoms. The quantitative estimate of drug-likeness (QED) is 0.771. The zero-order chi connectivity index (χ0) is 17.6. The molecule has 0 bridgehead atoms. The van der Waals surface area contributed by atoms with Crippen LogP contribution >= 0.6 is 0 Å². The van der Waals surface area contributed by atoms with Gasteiger partial charge in [-0.15, -0.1) is 0 Å². The molecule has 1 amide bonds. The van der Waals surface area contributed by atoms with Gasteiger partial charge in [-0.05, 0) is 31.0 Å². The second-order valence-electron chi connectivity index (χ2n) is 6.15. The highest BCUT2D eigenvalue weighted by Gasteiger charge is 2.24. The molecule has 2 aromatic rings. The maximum Gasteiger partial charge on any atom is 0.270 e. The third-order valence-electron chi connectivity index (χ3n) is 4.35. The average molecular weight is 341 g/mol. The molecule has 1 saturated carbocycles. The Labute approximate surface area is 147 Å². The summed E-state index contributed by atoms with van der Waals surface area (Å²) in [6.45, 7) is 0. The second kappa shape index (κ2) is 7.94. The van der Waals surface area contributed by atoms with Crippen LogP contribution in [0.1, 0.15) is 36.2 Å². The van der Waals surface area contributed by atoms with Gasteiger partial charge in [0.25, 0.3) is 5.91 Å². The minimum absolute atomic E-state index is 0.00556. The van der Waals surface area contributed by atoms with Crippen LogP contribution in [0.15, 0.2) is 36.5 Å². The van der Waals surface area contributed by atoms with E-state index in [4.69, 9.17) is 10.5 Å². The van der Waals surface area contributed by atoms with Crippen LogP contribution in [0.2, 0.25) is 0 Å². The summed E-state index contributed by atoms with van der Waals surface area (Å²) < 4.78 is 5.19. The van der Waals surface area contributed by atoms with E-state index in [2.05, 4.69) is 20.6 Å². The van der Waals surface area contributed by atoms with Crippen molar-refractivity contribution in [2.45, 2.75) is 37.8 Å². The number of methoxy groups -OCH3 is 1. The van der Waals surface area contributed by atoms with Crippen LogP contribution < -0.4 is 21.1 Å². The molecule has 0 aliphatic heterocycles. The molecular formula is C18H23N5O2. The summed E-state index contributed by atoms with van der Waals surface area (Å²) in [4.78, 5) is 20.9. The molecule has 0 spiro atoms. The number of hydrogen-bond acceptors (Lipinski definition) is 6. The van der Waals surface area contributed by atoms with Gasteiger partial charge in [0.1, 0.15) is 11.4 Å². The van der Waals surface area contributed by atoms with Gasteiger partial charge in [0.05, 0.1) is 7.11 Å². The highest BCUT2D eigenvalue weighted by Crippen LogP contribution is 2.20. The van der Waals surface area contributed by atoms with E-state index in [0.29, 0.717) is 11.6 Å². The highest BCUT2D eigenvalue weighted by atomic mass is 16.5. The maximum absolute atomic E-state index is 12.5. The SMILES string of the molecule is COc1cccc(Nc2nccc(C(=O)NC3CCCC[C@@H]3N)n2)c1. The minimum Gasteiger partial charge on any atom is -0.497 e. The van der Waals surface area contributed by atoms with Gasteiger partial charge in [0.15, 0.2) is 0 Å². The molecule has 3 rings (SSSR count). The van der Waals surface area contributed by atoms with Crippen LogP contribution in [-0.4, -0.2) is 35.1 Å². The van der Waals surface area contributed by atoms with E-state index in [9.17, 15) is 4.79 Å². The standard InChI is InChI=1S/C18H23N5O2/c1-25-13-6-4-5-12(11-13)21-18-20-10-9-16(23-18)17(24)22-15-8-3-2-7-14(15)19/h4-6,9-11,14-15H,2-3,7-8,19H2,1H3,(H,22,24)(H,20,21,23)/t14-,15?/m0/s1. The first-order valence-corrected chi connectivity index (χ1v) is 8.46. The van der Waals surface area contributed by atoms with Crippen molar-refractivity contribution in [1.82, 2.24) is 15.3 Å². The number of carbonyl (C=O) groups excluding carboxylic acids is 1. The molecular weight excluding hydrogens is 318 g/mol. The van der Waals surface area contributed by atoms with Crippen molar-refractivity contribution in [2.24, 2.45) is 5.73 Å². The van der Waals surface area contributed by atoms with E-state index in [0.717, 1.165) is 37.1 Å². The van der Waals surface area contributed by atoms with Crippen molar-refractivity contribution >= 4 is 17.5 Å². The minimum atomic E-state index is -0.224. The molecule has 1 aliphatic rings. The predicted octanol–water partition coefficient (Wildman–Crippen LogP) is 2.23. The van der Waals surface area contributed by atoms with Gasteiger partial charge in [-0.3, -0.25) is 4.79 Å². The Balaban J connectivity index is 1.69. The number of hydrogen-bond donors (Lipinski definition) is 3. The van der Waals surface area contributed by atoms with E-state index in [1.807, 2.05) is 24.3 Å². The number of anilines is 2. The Hall–Kier alpha value is -2.67. The zero-order valence-corrected chi connectivity index (χ0v) is 14.2. The largest absolute Gasteiger partial charge is 0.497 e. The van der Waals surface area contributed by atoms with Gasteiger partial charge in [-0.25, -0.2) is 9.97 Å². The van der Waals surface area contributed by atoms with Crippen molar-refractivity contribution in [3.8, 4) is 5.75 Å². The fourth-order valence-electron chi connectivity index (χ4n) is 2.96. The maximum atomic E-state index is 12.5. The third-order valence-corrected chi connectivity index (χ3v) is 4.35. The van der Waals surface area contributed by atoms with Gasteiger partial charge in [0.2, 0.25) is 5.95 Å². The van der Waals surface area contributed by atoms with E-state index < -0.39 is 0 Å². The average Bonchev–Trinajstić information content (AvgIpc) is 2.64. The molecule has 1 aliphatic carbocycles. The summed E-state index contributed by atoms with van der Waals surface area (Å²) in [7, 11) is 1.61. The van der Waals surface area contributed by atoms with Gasteiger partial charge in [-0.2, -0.15) is 0 Å². The number of rotatable bonds is 5. The first kappa shape index (κ1) is 17.2. The molecule has 0 saturated heterocycles. The summed E-state index contributed by atoms with van der Waals surface area (Å²) in [5, 5.41) is 6.07. The topological polar surface area (TPSA) is 102 Å². The number of carbonyl (C=O) groups is 1. The van der Waals surface area contributed by atoms with Crippen molar-refractivity contribution in [3.05, 3.63) is 42.2 Å². The third kappa shape index (κ3) is 4.45. The summed E-state index contributed by atoms with van der Waals surface area (Å²) >= 11 is 0. The molecule has 7 nitrogen and oxygen atoms in total. The predicted molar refractivity (Wildman–Crippen MR) is 96.0 cm³/mol. The number of benzene rings is 1. The number of nitrogens with two attached hydrogens (primary N) is 1. The number of amides is 1. The first-order chi connectivity index (χ1) is 12.2. The van der Waals surface area contributed by atoms with Crippen molar-refractivity contribution in [3.63, 3.8) is 0 Å². The fraction of sp³-hybridized carbons (Fsp3) is 0.389. The van der Waals surface area contributed by atoms with Gasteiger partial charge in [0, 0.05) is 30.0 Å². The van der Waals surface area contributed by atoms with Gasteiger partial charge >= 0.3 is 0 Å². The molecule has 1 unspecified atom stereocenters. The first-order valence-electron chi connectivity index (χ1n) is 8.46. The summed E-state index contributed by atoms with van der Waals surface area (Å²) in [5.41, 5.74) is 7.19. The number of aromatic nitrogens is 2. The van der Waals surface area contributed by atoms with Gasteiger partial charge < -0.3 is 21.1 Å². The molecule has 4 N–H and O–H groups in total. The van der Waals surface area contributed by atoms with E-state index >= 15 is 0 Å². The van der Waals surface area contributed by atoms with Crippen molar-refractivity contribution in [2.75, 3.05) is 12.4 Å². The van der Waals surface area contributed by atoms with Crippen LogP contribution in [0.3, 0.4) is 0 Å². The van der Waals surface area contributed by atoms with E-state index in [-0.39, 0.29) is 18.0 Å². The summed E-state index contributed by atoms with van der Waals surface area (Å²) in [5.74, 6) is 0.859. The zero-order valence-electron chi connectivity index (χ0n) is 14.2. The lowest BCUT2D eigenvalue weighted by molar-refractivity contribution is 0.0916. The Morgan fingerprint density at radius 1 is 1.28 bits per heavy atom. The Morgan fingerprint density at radius 3 is 2.92 bits per heavy atom. The number of nitrogens with one attached hydrogen (secondary N) is 2. The highest BCUT2D eigenvalue weighted by molar-refractivity contribution is 5.92. The fourth-order valence-corrected chi connectivity index (χ4v) is 2.96. The Bertz CT molecular complexity index is 737. The molecule has 1 aromatic carbocycles. The van der Waals surface area contributed by atoms with Crippen molar-refractivity contribution in [1.29, 1.82) is 0 Å². The lowest BCUT2D eigenvalue weighted by Crippen LogP contribution is -2.49. The van der Waals surface area contributed by atoms with Crippen LogP contribution in [0, 0.1) is 0 Å². The lowest BCUT2D eigenvalue weighted by Gasteiger charge is -2.29. The van der Waals surface area contributed by atoms with Crippen LogP contribution in [-0.2, 0) is 0 Å². The monoisotopic (exact) mass is 341 g/mol. The molecule has 1 fully saturated rings. The van der Waals surface area contributed by atoms with Crippen molar-refractivity contribution < 1.29 is 9.53 Å². The Morgan fingerprint density at radius 2 is 2.12 bits per heavy atom. The van der Waals surface area contributed by atoms with Crippen LogP contribution in [0.4, 0.5) is 11.6 Å². The Kier molecular flexibility index (Phi) is 5.45. The lowest BCUT2D eigenvalue weighted by atomic mass is 9.91. The molecule has 1 aromatic heterocycles. The summed E-state index contributed by atoms with van der Waals surface area (Å²) in [6, 6.07) is 9.03.